The number of aliphatic hydroxyl groups excluding tert-OH is 1. The molecule has 21 heteroatoms. The zero-order valence-corrected chi connectivity index (χ0v) is 74.1. The van der Waals surface area contributed by atoms with Crippen LogP contribution in [-0.2, 0) is 137 Å². The van der Waals surface area contributed by atoms with E-state index in [0.29, 0.717) is 5.69 Å². The van der Waals surface area contributed by atoms with Gasteiger partial charge in [-0.25, -0.2) is 19.7 Å². The first-order valence-corrected chi connectivity index (χ1v) is 35.6. The molecule has 111 heavy (non-hydrogen) atoms. The maximum absolute atomic E-state index is 13.2. The molecule has 0 saturated carbocycles. The number of benzene rings is 4. The van der Waals surface area contributed by atoms with Gasteiger partial charge in [0.25, 0.3) is 0 Å². The Labute approximate surface area is 718 Å². The van der Waals surface area contributed by atoms with Crippen molar-refractivity contribution in [1.82, 2.24) is 49.4 Å². The molecule has 584 valence electrons. The van der Waals surface area contributed by atoms with E-state index in [-0.39, 0.29) is 123 Å². The van der Waals surface area contributed by atoms with Crippen LogP contribution in [0.3, 0.4) is 0 Å². The Morgan fingerprint density at radius 3 is 1.07 bits per heavy atom. The number of ketones is 1. The maximum atomic E-state index is 13.2. The molecule has 4 radical (unpaired) electrons. The predicted molar refractivity (Wildman–Crippen MR) is 422 cm³/mol. The number of fused-ring (bicyclic) bond motifs is 8. The van der Waals surface area contributed by atoms with Gasteiger partial charge < -0.3 is 39.7 Å². The summed E-state index contributed by atoms with van der Waals surface area (Å²) in [7, 11) is 1.98. The molecule has 8 aromatic heterocycles. The van der Waals surface area contributed by atoms with Crippen molar-refractivity contribution in [2.45, 2.75) is 121 Å². The van der Waals surface area contributed by atoms with Gasteiger partial charge in [-0.1, -0.05) is 156 Å². The number of halogens is 2. The summed E-state index contributed by atoms with van der Waals surface area (Å²) in [6.07, 6.45) is 19.1. The number of carboxylic acid groups (broad SMARTS) is 1. The number of hydrogen-bond donors (Lipinski definition) is 2. The van der Waals surface area contributed by atoms with Crippen molar-refractivity contribution >= 4 is 56.1 Å². The molecule has 0 unspecified atom stereocenters. The number of carbonyl (C=O) groups excluding carboxylic acids is 1. The number of aromatic nitrogens is 10. The summed E-state index contributed by atoms with van der Waals surface area (Å²) in [6, 6.07) is 67.9. The Morgan fingerprint density at radius 2 is 0.811 bits per heavy atom. The minimum Gasteiger partial charge on any atom is -0.657 e. The van der Waals surface area contributed by atoms with Gasteiger partial charge in [0.05, 0.1) is 34.4 Å². The topological polar surface area (TPSA) is 198 Å². The van der Waals surface area contributed by atoms with E-state index in [4.69, 9.17) is 30.1 Å². The molecule has 10 heterocycles. The summed E-state index contributed by atoms with van der Waals surface area (Å²) in [6.45, 7) is 20.8. The average Bonchev–Trinajstić information content (AvgIpc) is 1.60. The van der Waals surface area contributed by atoms with E-state index in [9.17, 15) is 18.4 Å². The Balaban J connectivity index is 0.000000371. The first kappa shape index (κ1) is 96.3. The molecule has 2 aliphatic heterocycles. The number of aromatic carboxylic acids is 1. The molecule has 0 spiro atoms. The van der Waals surface area contributed by atoms with E-state index in [1.165, 1.54) is 76.7 Å². The van der Waals surface area contributed by atoms with E-state index in [1.54, 1.807) is 55.1 Å². The van der Waals surface area contributed by atoms with Gasteiger partial charge >= 0.3 is 46.8 Å². The summed E-state index contributed by atoms with van der Waals surface area (Å²) in [5, 5.41) is 16.7. The van der Waals surface area contributed by atoms with Gasteiger partial charge in [0.1, 0.15) is 5.69 Å². The fraction of sp³-hybridized carbons (Fsp3) is 0.211. The monoisotopic (exact) mass is 2200 g/mol. The SMILES string of the molecule is CC(=O)C=C(C)O.CCC1=C(CC)c2cc3[n-]c(cc4nc(cc5[n-]c(cc1n2)c(CC)c5CC)C(CC)=C4CC)c(CC)c3CC.Cn1ccnc1-c1[c-]cccc1.Fc1c[c-]c(-c2ccccn2)c(F)c1.O=C(O)c1ccccn1.[Ir].[Os+].[Pt+2].[Rh].[Rh].[c-]1ccccc1-c1ccccn1.[c-]1ccccc1-c1ccccn1. The smallest absolute Gasteiger partial charge is 0.657 e. The molecule has 2 aliphatic rings. The van der Waals surface area contributed by atoms with Crippen LogP contribution in [0.5, 0.6) is 0 Å². The minimum absolute atomic E-state index is 0. The van der Waals surface area contributed by atoms with Crippen LogP contribution < -0.4 is 9.97 Å². The second kappa shape index (κ2) is 50.1. The fourth-order valence-electron chi connectivity index (χ4n) is 12.2. The van der Waals surface area contributed by atoms with Gasteiger partial charge in [-0.15, -0.1) is 142 Å². The molecule has 4 aromatic carbocycles. The van der Waals surface area contributed by atoms with E-state index in [0.717, 1.165) is 142 Å². The summed E-state index contributed by atoms with van der Waals surface area (Å²) in [5.41, 5.74) is 24.9. The quantitative estimate of drug-likeness (QED) is 0.0452. The van der Waals surface area contributed by atoms with E-state index in [1.807, 2.05) is 127 Å². The summed E-state index contributed by atoms with van der Waals surface area (Å²) in [4.78, 5) is 61.3. The average molecular weight is 2200 g/mol. The van der Waals surface area contributed by atoms with Crippen LogP contribution in [0.4, 0.5) is 8.78 Å². The van der Waals surface area contributed by atoms with Gasteiger partial charge in [-0.05, 0) is 135 Å². The Morgan fingerprint density at radius 1 is 0.450 bits per heavy atom. The standard InChI is InChI=1S/C36H44N4.C11H6F2N.2C11H8N.C10H9N2.C6H5NO2.C5H8O2.Ir.Os.Pt.2Rh/c1-9-21-22(10-2)30-18-32-25(13-5)26(14-6)34(39-32)20-36-28(16-8)27(15-7)35(40-36)19-33-24(12-4)23(11-3)31(38-33)17-29(21)37-30;12-8-4-5-9(10(13)7-8)11-3-1-2-6-14-11;2*1-2-6-10(7-3-1)11-8-4-5-9-12-11;1-12-8-7-11-10(12)9-5-3-2-4-6-9;8-6(9)5-3-1-2-4-7-5;1-4(6)3-5(2)7;;;;;/h17-20H,9-16H2,1-8H3;1-4,6-7H;2*1-6,8-9H;2-5,7-8H,1H3;1-4H,(H,8,9);3,6H,1-2H3;;;;;/q-2;4*-1;;;;+1;+2;;. The van der Waals surface area contributed by atoms with E-state index in [2.05, 4.69) is 129 Å². The zero-order chi connectivity index (χ0) is 75.9. The number of aliphatic hydroxyl groups is 1. The molecular weight excluding hydrogens is 2110 g/mol. The normalized spacial score (nSPS) is 10.8. The van der Waals surface area contributed by atoms with Crippen LogP contribution in [0, 0.1) is 35.9 Å². The summed E-state index contributed by atoms with van der Waals surface area (Å²) < 4.78 is 27.8. The van der Waals surface area contributed by atoms with E-state index >= 15 is 0 Å². The molecule has 14 nitrogen and oxygen atoms in total. The first-order valence-electron chi connectivity index (χ1n) is 35.6. The number of imidazole rings is 1. The van der Waals surface area contributed by atoms with Gasteiger partial charge in [-0.3, -0.25) is 18.6 Å². The van der Waals surface area contributed by atoms with Crippen LogP contribution in [0.25, 0.3) is 89.5 Å². The van der Waals surface area contributed by atoms with Crippen molar-refractivity contribution in [3.05, 3.63) is 318 Å². The predicted octanol–water partition coefficient (Wildman–Crippen LogP) is 20.9. The van der Waals surface area contributed by atoms with Crippen molar-refractivity contribution in [2.24, 2.45) is 7.05 Å². The van der Waals surface area contributed by atoms with Crippen LogP contribution in [-0.4, -0.2) is 61.4 Å². The third-order valence-electron chi connectivity index (χ3n) is 17.0. The van der Waals surface area contributed by atoms with Gasteiger partial charge in [-0.2, -0.15) is 0 Å². The van der Waals surface area contributed by atoms with Crippen LogP contribution >= 0.6 is 0 Å². The fourth-order valence-corrected chi connectivity index (χ4v) is 12.2. The van der Waals surface area contributed by atoms with Gasteiger partial charge in [0.2, 0.25) is 0 Å². The van der Waals surface area contributed by atoms with Crippen LogP contribution in [0.2, 0.25) is 0 Å². The summed E-state index contributed by atoms with van der Waals surface area (Å²) in [5.74, 6) is -1.38. The van der Waals surface area contributed by atoms with Crippen LogP contribution in [0.15, 0.2) is 231 Å². The second-order valence-electron chi connectivity index (χ2n) is 24.1. The van der Waals surface area contributed by atoms with Gasteiger partial charge in [0, 0.05) is 121 Å². The molecule has 0 saturated heterocycles. The van der Waals surface area contributed by atoms with Crippen molar-refractivity contribution in [3.63, 3.8) is 0 Å². The number of nitrogens with zero attached hydrogens (tertiary/aromatic N) is 10. The number of carboxylic acids is 1. The van der Waals surface area contributed by atoms with Crippen molar-refractivity contribution in [2.75, 3.05) is 0 Å². The largest absolute Gasteiger partial charge is 2.00 e. The van der Waals surface area contributed by atoms with Crippen molar-refractivity contribution in [1.29, 1.82) is 0 Å². The molecule has 0 atom stereocenters. The molecular formula is C90H88F2IrN10O4OsPtRh2-3. The number of pyridine rings is 4. The Kier molecular flexibility index (Phi) is 43.5. The number of aryl methyl sites for hydroxylation is 5. The molecule has 0 aliphatic carbocycles. The molecule has 8 bridgehead atoms. The number of carbonyl (C=O) groups is 2. The van der Waals surface area contributed by atoms with Gasteiger partial charge in [0.15, 0.2) is 5.78 Å². The zero-order valence-electron chi connectivity index (χ0n) is 63.6. The summed E-state index contributed by atoms with van der Waals surface area (Å²) >= 11 is 0. The number of hydrogen-bond acceptors (Lipinski definition) is 10. The maximum Gasteiger partial charge on any atom is 2.00 e. The Bertz CT molecular complexity index is 4730. The molecule has 12 aromatic rings. The molecule has 14 rings (SSSR count). The number of rotatable bonds is 14. The molecule has 2 N–H and O–H groups in total. The minimum atomic E-state index is -0.990. The number of allylic oxidation sites excluding steroid dienone is 6. The Hall–Kier alpha value is -8.95. The van der Waals surface area contributed by atoms with Crippen molar-refractivity contribution < 1.29 is 128 Å². The third kappa shape index (κ3) is 27.4. The second-order valence-corrected chi connectivity index (χ2v) is 24.1. The first-order chi connectivity index (χ1) is 51.5. The van der Waals surface area contributed by atoms with Crippen molar-refractivity contribution in [3.8, 4) is 45.2 Å². The third-order valence-corrected chi connectivity index (χ3v) is 17.0. The van der Waals surface area contributed by atoms with E-state index < -0.39 is 17.6 Å². The molecule has 0 fully saturated rings. The molecule has 0 amide bonds. The van der Waals surface area contributed by atoms with Crippen LogP contribution in [0.1, 0.15) is 150 Å².